The van der Waals surface area contributed by atoms with Crippen LogP contribution in [0.4, 0.5) is 0 Å². The Morgan fingerprint density at radius 1 is 1.02 bits per heavy atom. The summed E-state index contributed by atoms with van der Waals surface area (Å²) in [5, 5.41) is 2.46. The summed E-state index contributed by atoms with van der Waals surface area (Å²) in [6.45, 7) is 4.18. The summed E-state index contributed by atoms with van der Waals surface area (Å²) in [6.07, 6.45) is -0.877. The molecule has 2 aromatic carbocycles. The SMILES string of the molecule is COc1ccnc(C(=O)NC2COC(=O)C(Cc3ccccc3)C(OC(=O)C(C)C)C(C)OC2=O)c1OC(=O)c1ccccc1Br. The lowest BCUT2D eigenvalue weighted by Crippen LogP contribution is -2.47. The van der Waals surface area contributed by atoms with Crippen LogP contribution < -0.4 is 14.8 Å². The summed E-state index contributed by atoms with van der Waals surface area (Å²) in [5.41, 5.74) is 0.571. The molecule has 242 valence electrons. The molecule has 1 aromatic heterocycles. The standard InChI is InChI=1S/C33H33BrN2O10/c1-18(2)30(38)45-27-19(3)44-33(41)24(17-43-31(39)22(27)16-20-10-6-5-7-11-20)36-29(37)26-28(25(42-4)14-15-35-26)46-32(40)21-12-8-9-13-23(21)34/h5-15,18-19,22,24,27H,16-17H2,1-4H3,(H,36,37). The summed E-state index contributed by atoms with van der Waals surface area (Å²) in [5.74, 6) is -5.84. The van der Waals surface area contributed by atoms with Gasteiger partial charge in [0.15, 0.2) is 23.6 Å². The van der Waals surface area contributed by atoms with Gasteiger partial charge in [0.1, 0.15) is 18.6 Å². The third kappa shape index (κ3) is 8.27. The van der Waals surface area contributed by atoms with Crippen molar-refractivity contribution in [2.75, 3.05) is 13.7 Å². The number of nitrogens with zero attached hydrogens (tertiary/aromatic N) is 1. The molecule has 2 heterocycles. The van der Waals surface area contributed by atoms with Crippen molar-refractivity contribution in [1.82, 2.24) is 10.3 Å². The average molecular weight is 698 g/mol. The molecule has 0 aliphatic carbocycles. The zero-order valence-electron chi connectivity index (χ0n) is 25.6. The number of cyclic esters (lactones) is 2. The van der Waals surface area contributed by atoms with Gasteiger partial charge in [0.05, 0.1) is 18.6 Å². The molecule has 1 aliphatic heterocycles. The van der Waals surface area contributed by atoms with E-state index in [1.54, 1.807) is 44.2 Å². The van der Waals surface area contributed by atoms with Gasteiger partial charge in [0, 0.05) is 16.7 Å². The molecule has 1 amide bonds. The lowest BCUT2D eigenvalue weighted by molar-refractivity contribution is -0.176. The number of carbonyl (C=O) groups excluding carboxylic acids is 5. The second-order valence-corrected chi connectivity index (χ2v) is 11.6. The van der Waals surface area contributed by atoms with Gasteiger partial charge in [-0.1, -0.05) is 56.3 Å². The molecule has 0 spiro atoms. The number of pyridine rings is 1. The maximum Gasteiger partial charge on any atom is 0.344 e. The van der Waals surface area contributed by atoms with Crippen LogP contribution in [0, 0.1) is 11.8 Å². The summed E-state index contributed by atoms with van der Waals surface area (Å²) in [4.78, 5) is 70.0. The molecule has 13 heteroatoms. The minimum Gasteiger partial charge on any atom is -0.493 e. The van der Waals surface area contributed by atoms with Gasteiger partial charge in [-0.15, -0.1) is 0 Å². The number of hydrogen-bond donors (Lipinski definition) is 1. The van der Waals surface area contributed by atoms with Crippen LogP contribution in [-0.2, 0) is 35.0 Å². The van der Waals surface area contributed by atoms with Crippen LogP contribution in [0.2, 0.25) is 0 Å². The second-order valence-electron chi connectivity index (χ2n) is 10.7. The number of benzene rings is 2. The third-order valence-corrected chi connectivity index (χ3v) is 7.75. The molecule has 1 aliphatic rings. The van der Waals surface area contributed by atoms with E-state index in [1.165, 1.54) is 32.4 Å². The Balaban J connectivity index is 1.60. The number of rotatable bonds is 9. The van der Waals surface area contributed by atoms with Gasteiger partial charge in [0.25, 0.3) is 5.91 Å². The normalized spacial score (nSPS) is 19.9. The highest BCUT2D eigenvalue weighted by atomic mass is 79.9. The molecule has 0 bridgehead atoms. The maximum atomic E-state index is 13.5. The topological polar surface area (TPSA) is 156 Å². The zero-order chi connectivity index (χ0) is 33.4. The fourth-order valence-electron chi connectivity index (χ4n) is 4.60. The minimum absolute atomic E-state index is 0.0243. The van der Waals surface area contributed by atoms with Crippen LogP contribution >= 0.6 is 15.9 Å². The molecule has 4 rings (SSSR count). The van der Waals surface area contributed by atoms with Gasteiger partial charge in [-0.25, -0.2) is 14.6 Å². The first-order chi connectivity index (χ1) is 22.0. The van der Waals surface area contributed by atoms with E-state index in [-0.39, 0.29) is 29.2 Å². The van der Waals surface area contributed by atoms with E-state index in [2.05, 4.69) is 26.2 Å². The lowest BCUT2D eigenvalue weighted by Gasteiger charge is -2.29. The highest BCUT2D eigenvalue weighted by Crippen LogP contribution is 2.31. The van der Waals surface area contributed by atoms with Gasteiger partial charge in [-0.2, -0.15) is 0 Å². The number of aromatic nitrogens is 1. The summed E-state index contributed by atoms with van der Waals surface area (Å²) >= 11 is 3.29. The Bertz CT molecular complexity index is 1600. The fraction of sp³-hybridized carbons (Fsp3) is 0.333. The number of esters is 4. The second kappa shape index (κ2) is 15.5. The Kier molecular flexibility index (Phi) is 11.5. The molecule has 12 nitrogen and oxygen atoms in total. The number of halogens is 1. The van der Waals surface area contributed by atoms with E-state index in [0.29, 0.717) is 4.47 Å². The number of nitrogens with one attached hydrogen (secondary N) is 1. The number of ether oxygens (including phenoxy) is 5. The number of hydrogen-bond acceptors (Lipinski definition) is 11. The van der Waals surface area contributed by atoms with Crippen LogP contribution in [0.1, 0.15) is 47.2 Å². The molecule has 3 aromatic rings. The van der Waals surface area contributed by atoms with Gasteiger partial charge < -0.3 is 29.0 Å². The molecule has 0 radical (unpaired) electrons. The van der Waals surface area contributed by atoms with Gasteiger partial charge >= 0.3 is 23.9 Å². The van der Waals surface area contributed by atoms with Crippen LogP contribution in [-0.4, -0.2) is 66.7 Å². The van der Waals surface area contributed by atoms with Crippen molar-refractivity contribution in [2.45, 2.75) is 45.4 Å². The van der Waals surface area contributed by atoms with E-state index < -0.39 is 66.5 Å². The van der Waals surface area contributed by atoms with Crippen LogP contribution in [0.25, 0.3) is 0 Å². The van der Waals surface area contributed by atoms with Crippen molar-refractivity contribution in [3.63, 3.8) is 0 Å². The quantitative estimate of drug-likeness (QED) is 0.254. The van der Waals surface area contributed by atoms with Crippen molar-refractivity contribution < 1.29 is 47.7 Å². The smallest absolute Gasteiger partial charge is 0.344 e. The first-order valence-corrected chi connectivity index (χ1v) is 15.2. The molecule has 0 saturated carbocycles. The highest BCUT2D eigenvalue weighted by Gasteiger charge is 2.42. The van der Waals surface area contributed by atoms with Crippen LogP contribution in [0.15, 0.2) is 71.3 Å². The van der Waals surface area contributed by atoms with Gasteiger partial charge in [-0.3, -0.25) is 14.4 Å². The average Bonchev–Trinajstić information content (AvgIpc) is 3.07. The Labute approximate surface area is 273 Å². The number of methoxy groups -OCH3 is 1. The third-order valence-electron chi connectivity index (χ3n) is 7.06. The van der Waals surface area contributed by atoms with Gasteiger partial charge in [0.2, 0.25) is 5.75 Å². The molecule has 1 fully saturated rings. The Morgan fingerprint density at radius 3 is 2.39 bits per heavy atom. The number of carbonyl (C=O) groups is 5. The fourth-order valence-corrected chi connectivity index (χ4v) is 5.05. The van der Waals surface area contributed by atoms with E-state index in [0.717, 1.165) is 5.56 Å². The number of amides is 1. The van der Waals surface area contributed by atoms with Crippen LogP contribution in [0.3, 0.4) is 0 Å². The molecule has 46 heavy (non-hydrogen) atoms. The zero-order valence-corrected chi connectivity index (χ0v) is 27.1. The van der Waals surface area contributed by atoms with Crippen molar-refractivity contribution in [2.24, 2.45) is 11.8 Å². The van der Waals surface area contributed by atoms with Gasteiger partial charge in [-0.05, 0) is 47.0 Å². The van der Waals surface area contributed by atoms with Crippen molar-refractivity contribution in [3.05, 3.63) is 88.2 Å². The van der Waals surface area contributed by atoms with Crippen molar-refractivity contribution in [1.29, 1.82) is 0 Å². The summed E-state index contributed by atoms with van der Waals surface area (Å²) < 4.78 is 28.2. The minimum atomic E-state index is -1.49. The Hall–Kier alpha value is -4.78. The van der Waals surface area contributed by atoms with E-state index in [4.69, 9.17) is 23.7 Å². The largest absolute Gasteiger partial charge is 0.493 e. The predicted octanol–water partition coefficient (Wildman–Crippen LogP) is 4.09. The Morgan fingerprint density at radius 2 is 1.72 bits per heavy atom. The predicted molar refractivity (Wildman–Crippen MR) is 166 cm³/mol. The van der Waals surface area contributed by atoms with E-state index in [9.17, 15) is 24.0 Å². The van der Waals surface area contributed by atoms with Crippen LogP contribution in [0.5, 0.6) is 11.5 Å². The maximum absolute atomic E-state index is 13.5. The molecular formula is C33H33BrN2O10. The summed E-state index contributed by atoms with van der Waals surface area (Å²) in [6, 6.07) is 15.5. The molecule has 1 N–H and O–H groups in total. The lowest BCUT2D eigenvalue weighted by atomic mass is 9.91. The van der Waals surface area contributed by atoms with E-state index in [1.807, 2.05) is 18.2 Å². The highest BCUT2D eigenvalue weighted by molar-refractivity contribution is 9.10. The first-order valence-electron chi connectivity index (χ1n) is 14.4. The molecule has 1 saturated heterocycles. The monoisotopic (exact) mass is 696 g/mol. The molecular weight excluding hydrogens is 664 g/mol. The summed E-state index contributed by atoms with van der Waals surface area (Å²) in [7, 11) is 1.32. The van der Waals surface area contributed by atoms with E-state index >= 15 is 0 Å². The first kappa shape index (κ1) is 34.1. The molecule has 4 atom stereocenters. The van der Waals surface area contributed by atoms with Crippen molar-refractivity contribution in [3.8, 4) is 11.5 Å². The van der Waals surface area contributed by atoms with Crippen molar-refractivity contribution >= 4 is 45.7 Å². The molecule has 4 unspecified atom stereocenters.